The average Bonchev–Trinajstić information content (AvgIpc) is 2.71. The van der Waals surface area contributed by atoms with Crippen molar-refractivity contribution in [3.63, 3.8) is 0 Å². The third kappa shape index (κ3) is 21.9. The van der Waals surface area contributed by atoms with Gasteiger partial charge in [0.25, 0.3) is 0 Å². The van der Waals surface area contributed by atoms with E-state index >= 15 is 0 Å². The fraction of sp³-hybridized carbons (Fsp3) is 0.962. The molecule has 2 atom stereocenters. The van der Waals surface area contributed by atoms with Crippen LogP contribution in [0.3, 0.4) is 0 Å². The Labute approximate surface area is 182 Å². The van der Waals surface area contributed by atoms with Crippen LogP contribution >= 0.6 is 0 Å². The normalized spacial score (nSPS) is 13.4. The molecule has 0 radical (unpaired) electrons. The first-order valence-electron chi connectivity index (χ1n) is 13.0. The summed E-state index contributed by atoms with van der Waals surface area (Å²) in [6.45, 7) is 7.60. The van der Waals surface area contributed by atoms with Gasteiger partial charge in [0, 0.05) is 13.0 Å². The van der Waals surface area contributed by atoms with Gasteiger partial charge < -0.3 is 10.4 Å². The predicted molar refractivity (Wildman–Crippen MR) is 127 cm³/mol. The lowest BCUT2D eigenvalue weighted by molar-refractivity contribution is -0.121. The summed E-state index contributed by atoms with van der Waals surface area (Å²) in [6.07, 6.45) is 23.6. The van der Waals surface area contributed by atoms with E-state index in [4.69, 9.17) is 5.11 Å². The minimum absolute atomic E-state index is 0.0307. The maximum Gasteiger partial charge on any atom is 0.220 e. The Hall–Kier alpha value is -0.570. The Morgan fingerprint density at radius 1 is 0.690 bits per heavy atom. The summed E-state index contributed by atoms with van der Waals surface area (Å²) in [7, 11) is 0. The second kappa shape index (κ2) is 22.1. The van der Waals surface area contributed by atoms with E-state index in [1.165, 1.54) is 96.3 Å². The number of aliphatic hydroxyl groups excluding tert-OH is 1. The predicted octanol–water partition coefficient (Wildman–Crippen LogP) is 7.41. The Bertz CT molecular complexity index is 346. The Morgan fingerprint density at radius 3 is 1.66 bits per heavy atom. The molecule has 0 heterocycles. The highest BCUT2D eigenvalue weighted by Crippen LogP contribution is 2.21. The van der Waals surface area contributed by atoms with Gasteiger partial charge in [-0.1, -0.05) is 124 Å². The lowest BCUT2D eigenvalue weighted by atomic mass is 9.92. The van der Waals surface area contributed by atoms with Crippen LogP contribution < -0.4 is 5.32 Å². The molecule has 0 rings (SSSR count). The van der Waals surface area contributed by atoms with E-state index in [1.54, 1.807) is 0 Å². The molecule has 0 aliphatic carbocycles. The summed E-state index contributed by atoms with van der Waals surface area (Å²) < 4.78 is 0. The number of carbonyl (C=O) groups excluding carboxylic acids is 1. The van der Waals surface area contributed by atoms with E-state index in [0.717, 1.165) is 24.7 Å². The minimum atomic E-state index is 0.0307. The fourth-order valence-electron chi connectivity index (χ4n) is 4.15. The van der Waals surface area contributed by atoms with E-state index < -0.39 is 0 Å². The van der Waals surface area contributed by atoms with Gasteiger partial charge in [0.2, 0.25) is 5.91 Å². The molecule has 0 spiro atoms. The number of amides is 1. The lowest BCUT2D eigenvalue weighted by Crippen LogP contribution is -2.25. The summed E-state index contributed by atoms with van der Waals surface area (Å²) in [5.74, 6) is 1.91. The molecule has 0 saturated heterocycles. The van der Waals surface area contributed by atoms with Crippen molar-refractivity contribution in [1.82, 2.24) is 5.32 Å². The van der Waals surface area contributed by atoms with Gasteiger partial charge in [-0.15, -0.1) is 0 Å². The maximum atomic E-state index is 11.4. The molecule has 0 aliphatic rings. The van der Waals surface area contributed by atoms with Gasteiger partial charge in [0.1, 0.15) is 0 Å². The molecule has 0 aromatic rings. The van der Waals surface area contributed by atoms with Crippen molar-refractivity contribution in [1.29, 1.82) is 0 Å². The molecule has 0 aromatic carbocycles. The number of aliphatic hydroxyl groups is 1. The Balaban J connectivity index is 3.31. The number of nitrogens with one attached hydrogen (secondary N) is 1. The van der Waals surface area contributed by atoms with Crippen LogP contribution in [0.5, 0.6) is 0 Å². The highest BCUT2D eigenvalue weighted by molar-refractivity contribution is 5.75. The first-order chi connectivity index (χ1) is 14.1. The molecular formula is C26H53NO2. The van der Waals surface area contributed by atoms with Crippen LogP contribution in [0.2, 0.25) is 0 Å². The minimum Gasteiger partial charge on any atom is -0.395 e. The van der Waals surface area contributed by atoms with Crippen molar-refractivity contribution in [3.05, 3.63) is 0 Å². The lowest BCUT2D eigenvalue weighted by Gasteiger charge is -2.14. The number of carbonyl (C=O) groups is 1. The van der Waals surface area contributed by atoms with Crippen LogP contribution in [0, 0.1) is 11.8 Å². The highest BCUT2D eigenvalue weighted by atomic mass is 16.3. The zero-order chi connectivity index (χ0) is 21.6. The number of hydrogen-bond donors (Lipinski definition) is 2. The second-order valence-electron chi connectivity index (χ2n) is 9.43. The van der Waals surface area contributed by atoms with Crippen molar-refractivity contribution < 1.29 is 9.90 Å². The summed E-state index contributed by atoms with van der Waals surface area (Å²) in [5.41, 5.74) is 0. The first-order valence-corrected chi connectivity index (χ1v) is 13.0. The van der Waals surface area contributed by atoms with Crippen LogP contribution in [0.15, 0.2) is 0 Å². The molecule has 2 N–H and O–H groups in total. The van der Waals surface area contributed by atoms with Crippen molar-refractivity contribution in [3.8, 4) is 0 Å². The SMILES string of the molecule is CCCCCC[C@H](C)CCC[C@H](C)CCCCCCCCCCC(=O)NCCO. The number of unbranched alkanes of at least 4 members (excludes halogenated alkanes) is 10. The summed E-state index contributed by atoms with van der Waals surface area (Å²) in [4.78, 5) is 11.4. The van der Waals surface area contributed by atoms with Crippen LogP contribution in [0.4, 0.5) is 0 Å². The molecule has 174 valence electrons. The monoisotopic (exact) mass is 411 g/mol. The molecule has 0 fully saturated rings. The third-order valence-corrected chi connectivity index (χ3v) is 6.23. The van der Waals surface area contributed by atoms with Crippen molar-refractivity contribution in [2.24, 2.45) is 11.8 Å². The zero-order valence-corrected chi connectivity index (χ0v) is 20.2. The third-order valence-electron chi connectivity index (χ3n) is 6.23. The van der Waals surface area contributed by atoms with Crippen LogP contribution in [0.25, 0.3) is 0 Å². The second-order valence-corrected chi connectivity index (χ2v) is 9.43. The van der Waals surface area contributed by atoms with E-state index in [9.17, 15) is 4.79 Å². The molecule has 0 aliphatic heterocycles. The van der Waals surface area contributed by atoms with Gasteiger partial charge in [0.05, 0.1) is 6.61 Å². The highest BCUT2D eigenvalue weighted by Gasteiger charge is 2.06. The quantitative estimate of drug-likeness (QED) is 0.182. The van der Waals surface area contributed by atoms with Crippen LogP contribution in [-0.2, 0) is 4.79 Å². The smallest absolute Gasteiger partial charge is 0.220 e. The zero-order valence-electron chi connectivity index (χ0n) is 20.2. The summed E-state index contributed by atoms with van der Waals surface area (Å²) in [6, 6.07) is 0. The van der Waals surface area contributed by atoms with Crippen LogP contribution in [-0.4, -0.2) is 24.2 Å². The molecule has 0 unspecified atom stereocenters. The van der Waals surface area contributed by atoms with E-state index in [0.29, 0.717) is 13.0 Å². The van der Waals surface area contributed by atoms with Gasteiger partial charge in [0.15, 0.2) is 0 Å². The number of rotatable bonds is 22. The van der Waals surface area contributed by atoms with Gasteiger partial charge in [-0.2, -0.15) is 0 Å². The molecule has 3 heteroatoms. The first kappa shape index (κ1) is 28.4. The van der Waals surface area contributed by atoms with Crippen molar-refractivity contribution in [2.75, 3.05) is 13.2 Å². The molecule has 0 aromatic heterocycles. The van der Waals surface area contributed by atoms with Gasteiger partial charge in [-0.05, 0) is 18.3 Å². The fourth-order valence-corrected chi connectivity index (χ4v) is 4.15. The summed E-state index contributed by atoms with van der Waals surface area (Å²) >= 11 is 0. The average molecular weight is 412 g/mol. The molecule has 0 saturated carbocycles. The topological polar surface area (TPSA) is 49.3 Å². The molecule has 29 heavy (non-hydrogen) atoms. The summed E-state index contributed by atoms with van der Waals surface area (Å²) in [5, 5.41) is 11.4. The van der Waals surface area contributed by atoms with E-state index in [-0.39, 0.29) is 12.5 Å². The maximum absolute atomic E-state index is 11.4. The Morgan fingerprint density at radius 2 is 1.14 bits per heavy atom. The standard InChI is InChI=1S/C26H53NO2/c1-4-5-6-13-17-24(2)19-16-20-25(3)18-14-11-9-7-8-10-12-15-21-26(29)27-22-23-28/h24-25,28H,4-23H2,1-3H3,(H,27,29)/t24-,25+/m0/s1. The Kier molecular flexibility index (Phi) is 21.7. The van der Waals surface area contributed by atoms with E-state index in [2.05, 4.69) is 26.1 Å². The molecular weight excluding hydrogens is 358 g/mol. The molecule has 1 amide bonds. The molecule has 3 nitrogen and oxygen atoms in total. The van der Waals surface area contributed by atoms with Crippen molar-refractivity contribution >= 4 is 5.91 Å². The largest absolute Gasteiger partial charge is 0.395 e. The van der Waals surface area contributed by atoms with Gasteiger partial charge >= 0.3 is 0 Å². The molecule has 0 bridgehead atoms. The van der Waals surface area contributed by atoms with Gasteiger partial charge in [-0.3, -0.25) is 4.79 Å². The number of hydrogen-bond acceptors (Lipinski definition) is 2. The van der Waals surface area contributed by atoms with E-state index in [1.807, 2.05) is 0 Å². The van der Waals surface area contributed by atoms with Gasteiger partial charge in [-0.25, -0.2) is 0 Å². The van der Waals surface area contributed by atoms with Crippen molar-refractivity contribution in [2.45, 2.75) is 136 Å². The van der Waals surface area contributed by atoms with Crippen LogP contribution in [0.1, 0.15) is 136 Å².